The molecule has 0 aliphatic heterocycles. The van der Waals surface area contributed by atoms with Crippen LogP contribution in [-0.4, -0.2) is 19.0 Å². The van der Waals surface area contributed by atoms with Crippen molar-refractivity contribution >= 4 is 54.2 Å². The fourth-order valence-corrected chi connectivity index (χ4v) is 4.52. The quantitative estimate of drug-likeness (QED) is 0.551. The lowest BCUT2D eigenvalue weighted by Gasteiger charge is -2.10. The fraction of sp³-hybridized carbons (Fsp3) is 0.150. The molecule has 0 saturated heterocycles. The van der Waals surface area contributed by atoms with Crippen LogP contribution < -0.4 is 10.1 Å². The van der Waals surface area contributed by atoms with Gasteiger partial charge in [-0.2, -0.15) is 5.26 Å². The summed E-state index contributed by atoms with van der Waals surface area (Å²) in [6.07, 6.45) is 0. The van der Waals surface area contributed by atoms with Gasteiger partial charge in [0.05, 0.1) is 27.9 Å². The highest BCUT2D eigenvalue weighted by atomic mass is 79.9. The number of esters is 1. The lowest BCUT2D eigenvalue weighted by molar-refractivity contribution is -0.114. The fourth-order valence-electron chi connectivity index (χ4n) is 2.70. The van der Waals surface area contributed by atoms with Crippen molar-refractivity contribution < 1.29 is 19.1 Å². The predicted octanol–water partition coefficient (Wildman–Crippen LogP) is 4.86. The van der Waals surface area contributed by atoms with Crippen LogP contribution in [0.2, 0.25) is 0 Å². The molecular weight excluding hydrogens is 444 g/mol. The number of fused-ring (bicyclic) bond motifs is 1. The number of methoxy groups -OCH3 is 1. The van der Waals surface area contributed by atoms with Crippen molar-refractivity contribution in [2.45, 2.75) is 13.5 Å². The van der Waals surface area contributed by atoms with Crippen molar-refractivity contribution in [3.8, 4) is 11.8 Å². The summed E-state index contributed by atoms with van der Waals surface area (Å²) in [5, 5.41) is 12.9. The molecule has 1 aromatic heterocycles. The molecule has 0 unspecified atom stereocenters. The highest BCUT2D eigenvalue weighted by Gasteiger charge is 2.24. The molecule has 0 saturated carbocycles. The molecule has 0 aliphatic carbocycles. The Hall–Kier alpha value is -2.89. The Morgan fingerprint density at radius 2 is 2.00 bits per heavy atom. The topological polar surface area (TPSA) is 88.4 Å². The number of anilines is 1. The number of nitriles is 1. The number of ether oxygens (including phenoxy) is 2. The molecule has 1 N–H and O–H groups in total. The first-order chi connectivity index (χ1) is 13.5. The number of amides is 1. The maximum atomic E-state index is 12.3. The van der Waals surface area contributed by atoms with E-state index in [0.29, 0.717) is 30.9 Å². The number of hydrogen-bond donors (Lipinski definition) is 1. The van der Waals surface area contributed by atoms with Gasteiger partial charge in [0.25, 0.3) is 0 Å². The van der Waals surface area contributed by atoms with E-state index in [0.717, 1.165) is 5.56 Å². The number of benzene rings is 2. The zero-order valence-corrected chi connectivity index (χ0v) is 17.4. The second-order valence-electron chi connectivity index (χ2n) is 5.79. The summed E-state index contributed by atoms with van der Waals surface area (Å²) < 4.78 is 12.3. The minimum atomic E-state index is -0.543. The maximum Gasteiger partial charge on any atom is 0.341 e. The van der Waals surface area contributed by atoms with E-state index in [4.69, 9.17) is 9.47 Å². The summed E-state index contributed by atoms with van der Waals surface area (Å²) in [6, 6.07) is 12.9. The van der Waals surface area contributed by atoms with Crippen molar-refractivity contribution in [3.63, 3.8) is 0 Å². The molecule has 28 heavy (non-hydrogen) atoms. The standard InChI is InChI=1S/C20H15BrN2O4S/c1-11(24)23-19-16(20(25)26-2)14-7-8-15(21)17(18(14)28-19)27-10-13-6-4-3-5-12(13)9-22/h3-8H,10H2,1-2H3,(H,23,24). The van der Waals surface area contributed by atoms with Crippen molar-refractivity contribution in [3.05, 3.63) is 57.6 Å². The average Bonchev–Trinajstić information content (AvgIpc) is 3.04. The molecule has 2 aromatic carbocycles. The van der Waals surface area contributed by atoms with Gasteiger partial charge in [0.15, 0.2) is 5.75 Å². The summed E-state index contributed by atoms with van der Waals surface area (Å²) in [6.45, 7) is 1.56. The van der Waals surface area contributed by atoms with Gasteiger partial charge in [-0.05, 0) is 28.1 Å². The first kappa shape index (κ1) is 19.9. The summed E-state index contributed by atoms with van der Waals surface area (Å²) in [5.74, 6) is -0.309. The number of thiophene rings is 1. The molecule has 6 nitrogen and oxygen atoms in total. The normalized spacial score (nSPS) is 10.4. The molecule has 1 heterocycles. The third kappa shape index (κ3) is 3.86. The molecule has 0 bridgehead atoms. The Balaban J connectivity index is 2.08. The van der Waals surface area contributed by atoms with Crippen LogP contribution in [0.25, 0.3) is 10.1 Å². The average molecular weight is 459 g/mol. The number of rotatable bonds is 5. The van der Waals surface area contributed by atoms with Crippen molar-refractivity contribution in [2.75, 3.05) is 12.4 Å². The largest absolute Gasteiger partial charge is 0.486 e. The van der Waals surface area contributed by atoms with Gasteiger partial charge in [-0.1, -0.05) is 24.3 Å². The van der Waals surface area contributed by atoms with Crippen LogP contribution in [0.4, 0.5) is 5.00 Å². The van der Waals surface area contributed by atoms with Crippen LogP contribution in [0.1, 0.15) is 28.4 Å². The minimum Gasteiger partial charge on any atom is -0.486 e. The highest BCUT2D eigenvalue weighted by Crippen LogP contribution is 2.44. The van der Waals surface area contributed by atoms with Crippen LogP contribution in [0.5, 0.6) is 5.75 Å². The summed E-state index contributed by atoms with van der Waals surface area (Å²) in [5.41, 5.74) is 1.57. The van der Waals surface area contributed by atoms with E-state index in [2.05, 4.69) is 27.3 Å². The van der Waals surface area contributed by atoms with E-state index in [9.17, 15) is 14.9 Å². The van der Waals surface area contributed by atoms with E-state index in [1.54, 1.807) is 24.3 Å². The molecule has 3 aromatic rings. The van der Waals surface area contributed by atoms with E-state index in [1.807, 2.05) is 12.1 Å². The zero-order valence-electron chi connectivity index (χ0n) is 15.0. The first-order valence-electron chi connectivity index (χ1n) is 8.18. The van der Waals surface area contributed by atoms with Gasteiger partial charge in [-0.15, -0.1) is 11.3 Å². The van der Waals surface area contributed by atoms with Gasteiger partial charge >= 0.3 is 5.97 Å². The van der Waals surface area contributed by atoms with Crippen LogP contribution in [0, 0.1) is 11.3 Å². The Bertz CT molecular complexity index is 1120. The molecule has 0 spiro atoms. The Labute approximate surface area is 173 Å². The molecule has 142 valence electrons. The second-order valence-corrected chi connectivity index (χ2v) is 7.66. The van der Waals surface area contributed by atoms with Crippen LogP contribution in [-0.2, 0) is 16.1 Å². The second kappa shape index (κ2) is 8.42. The van der Waals surface area contributed by atoms with Crippen LogP contribution in [0.3, 0.4) is 0 Å². The Morgan fingerprint density at radius 3 is 2.68 bits per heavy atom. The SMILES string of the molecule is COC(=O)c1c(NC(C)=O)sc2c(OCc3ccccc3C#N)c(Br)ccc12. The minimum absolute atomic E-state index is 0.183. The molecule has 8 heteroatoms. The number of carbonyl (C=O) groups is 2. The lowest BCUT2D eigenvalue weighted by atomic mass is 10.1. The maximum absolute atomic E-state index is 12.3. The summed E-state index contributed by atoms with van der Waals surface area (Å²) in [7, 11) is 1.29. The predicted molar refractivity (Wildman–Crippen MR) is 111 cm³/mol. The van der Waals surface area contributed by atoms with Crippen LogP contribution >= 0.6 is 27.3 Å². The first-order valence-corrected chi connectivity index (χ1v) is 9.79. The summed E-state index contributed by atoms with van der Waals surface area (Å²) in [4.78, 5) is 23.9. The zero-order chi connectivity index (χ0) is 20.3. The third-order valence-corrected chi connectivity index (χ3v) is 5.70. The van der Waals surface area contributed by atoms with Gasteiger partial charge in [-0.3, -0.25) is 4.79 Å². The van der Waals surface area contributed by atoms with Crippen molar-refractivity contribution in [1.82, 2.24) is 0 Å². The molecule has 3 rings (SSSR count). The van der Waals surface area contributed by atoms with E-state index in [1.165, 1.54) is 25.4 Å². The summed E-state index contributed by atoms with van der Waals surface area (Å²) >= 11 is 4.71. The van der Waals surface area contributed by atoms with Gasteiger partial charge in [0.1, 0.15) is 17.2 Å². The molecule has 0 atom stereocenters. The number of halogens is 1. The monoisotopic (exact) mass is 458 g/mol. The van der Waals surface area contributed by atoms with Crippen molar-refractivity contribution in [1.29, 1.82) is 5.26 Å². The lowest BCUT2D eigenvalue weighted by Crippen LogP contribution is -2.09. The van der Waals surface area contributed by atoms with E-state index in [-0.39, 0.29) is 18.1 Å². The smallest absolute Gasteiger partial charge is 0.341 e. The van der Waals surface area contributed by atoms with Gasteiger partial charge < -0.3 is 14.8 Å². The van der Waals surface area contributed by atoms with Gasteiger partial charge in [-0.25, -0.2) is 4.79 Å². The number of nitrogens with zero attached hydrogens (tertiary/aromatic N) is 1. The van der Waals surface area contributed by atoms with Crippen molar-refractivity contribution in [2.24, 2.45) is 0 Å². The Kier molecular flexibility index (Phi) is 5.97. The van der Waals surface area contributed by atoms with E-state index >= 15 is 0 Å². The Morgan fingerprint density at radius 1 is 1.25 bits per heavy atom. The number of carbonyl (C=O) groups excluding carboxylic acids is 2. The van der Waals surface area contributed by atoms with E-state index < -0.39 is 5.97 Å². The van der Waals surface area contributed by atoms with Gasteiger partial charge in [0, 0.05) is 17.9 Å². The van der Waals surface area contributed by atoms with Crippen LogP contribution in [0.15, 0.2) is 40.9 Å². The molecule has 1 amide bonds. The number of hydrogen-bond acceptors (Lipinski definition) is 6. The molecular formula is C20H15BrN2O4S. The molecule has 0 aliphatic rings. The molecule has 0 radical (unpaired) electrons. The highest BCUT2D eigenvalue weighted by molar-refractivity contribution is 9.10. The molecule has 0 fully saturated rings. The third-order valence-electron chi connectivity index (χ3n) is 3.95. The number of nitrogens with one attached hydrogen (secondary N) is 1. The van der Waals surface area contributed by atoms with Gasteiger partial charge in [0.2, 0.25) is 5.91 Å².